The summed E-state index contributed by atoms with van der Waals surface area (Å²) in [5, 5.41) is 2.87. The molecule has 0 saturated carbocycles. The van der Waals surface area contributed by atoms with Gasteiger partial charge in [0.15, 0.2) is 5.76 Å². The molecule has 1 amide bonds. The number of rotatable bonds is 3. The molecule has 3 aromatic rings. The molecule has 0 saturated heterocycles. The maximum atomic E-state index is 12.3. The van der Waals surface area contributed by atoms with Crippen LogP contribution in [0.4, 0.5) is 5.69 Å². The molecule has 3 rings (SSSR count). The molecular formula is C19H16BrNO2. The number of amides is 1. The first-order valence-corrected chi connectivity index (χ1v) is 8.06. The van der Waals surface area contributed by atoms with Gasteiger partial charge in [-0.15, -0.1) is 0 Å². The van der Waals surface area contributed by atoms with Crippen molar-refractivity contribution in [3.8, 4) is 11.3 Å². The van der Waals surface area contributed by atoms with Crippen LogP contribution in [-0.2, 0) is 0 Å². The van der Waals surface area contributed by atoms with E-state index < -0.39 is 0 Å². The van der Waals surface area contributed by atoms with E-state index in [1.54, 1.807) is 12.1 Å². The van der Waals surface area contributed by atoms with E-state index in [-0.39, 0.29) is 5.91 Å². The Balaban J connectivity index is 1.79. The lowest BCUT2D eigenvalue weighted by atomic mass is 10.1. The average molecular weight is 370 g/mol. The van der Waals surface area contributed by atoms with Crippen LogP contribution < -0.4 is 5.32 Å². The summed E-state index contributed by atoms with van der Waals surface area (Å²) in [6.07, 6.45) is 0. The van der Waals surface area contributed by atoms with Crippen molar-refractivity contribution >= 4 is 27.5 Å². The topological polar surface area (TPSA) is 42.2 Å². The van der Waals surface area contributed by atoms with Crippen molar-refractivity contribution in [1.82, 2.24) is 0 Å². The predicted molar refractivity (Wildman–Crippen MR) is 95.7 cm³/mol. The Morgan fingerprint density at radius 3 is 2.26 bits per heavy atom. The van der Waals surface area contributed by atoms with Gasteiger partial charge in [-0.3, -0.25) is 4.79 Å². The van der Waals surface area contributed by atoms with E-state index in [2.05, 4.69) is 27.3 Å². The summed E-state index contributed by atoms with van der Waals surface area (Å²) in [4.78, 5) is 12.3. The van der Waals surface area contributed by atoms with Crippen LogP contribution in [0.2, 0.25) is 0 Å². The largest absolute Gasteiger partial charge is 0.451 e. The van der Waals surface area contributed by atoms with Gasteiger partial charge in [0.1, 0.15) is 5.76 Å². The molecule has 0 radical (unpaired) electrons. The molecule has 0 atom stereocenters. The summed E-state index contributed by atoms with van der Waals surface area (Å²) in [6.45, 7) is 4.00. The van der Waals surface area contributed by atoms with Crippen molar-refractivity contribution in [1.29, 1.82) is 0 Å². The summed E-state index contributed by atoms with van der Waals surface area (Å²) in [5.41, 5.74) is 3.92. The van der Waals surface area contributed by atoms with E-state index in [0.29, 0.717) is 11.5 Å². The molecule has 0 unspecified atom stereocenters. The minimum Gasteiger partial charge on any atom is -0.451 e. The summed E-state index contributed by atoms with van der Waals surface area (Å²) >= 11 is 3.40. The molecule has 0 aliphatic carbocycles. The van der Waals surface area contributed by atoms with Gasteiger partial charge in [0, 0.05) is 15.7 Å². The molecule has 0 aliphatic rings. The second-order valence-electron chi connectivity index (χ2n) is 5.50. The van der Waals surface area contributed by atoms with Crippen LogP contribution in [0.5, 0.6) is 0 Å². The lowest BCUT2D eigenvalue weighted by Crippen LogP contribution is -2.11. The Labute approximate surface area is 143 Å². The molecule has 0 spiro atoms. The number of anilines is 1. The Hall–Kier alpha value is -2.33. The highest BCUT2D eigenvalue weighted by Gasteiger charge is 2.13. The molecule has 4 heteroatoms. The van der Waals surface area contributed by atoms with Crippen LogP contribution in [0.1, 0.15) is 21.7 Å². The van der Waals surface area contributed by atoms with E-state index in [0.717, 1.165) is 26.9 Å². The highest BCUT2D eigenvalue weighted by Crippen LogP contribution is 2.24. The minimum absolute atomic E-state index is 0.252. The van der Waals surface area contributed by atoms with Crippen LogP contribution in [-0.4, -0.2) is 5.91 Å². The first-order valence-electron chi connectivity index (χ1n) is 7.27. The van der Waals surface area contributed by atoms with Crippen LogP contribution in [0.3, 0.4) is 0 Å². The maximum Gasteiger partial charge on any atom is 0.291 e. The fourth-order valence-corrected chi connectivity index (χ4v) is 2.73. The predicted octanol–water partition coefficient (Wildman–Crippen LogP) is 5.58. The third kappa shape index (κ3) is 3.71. The number of carbonyl (C=O) groups excluding carboxylic acids is 1. The van der Waals surface area contributed by atoms with Gasteiger partial charge in [0.05, 0.1) is 0 Å². The van der Waals surface area contributed by atoms with Gasteiger partial charge in [-0.2, -0.15) is 0 Å². The standard InChI is InChI=1S/C19H16BrNO2/c1-12-9-13(2)11-16(10-12)21-19(22)18-8-7-17(23-18)14-3-5-15(20)6-4-14/h3-11H,1-2H3,(H,21,22). The number of hydrogen-bond donors (Lipinski definition) is 1. The number of carbonyl (C=O) groups is 1. The number of furan rings is 1. The third-order valence-electron chi connectivity index (χ3n) is 3.44. The van der Waals surface area contributed by atoms with Gasteiger partial charge in [-0.05, 0) is 61.4 Å². The summed E-state index contributed by atoms with van der Waals surface area (Å²) in [5.74, 6) is 0.712. The fourth-order valence-electron chi connectivity index (χ4n) is 2.47. The molecule has 2 aromatic carbocycles. The molecule has 116 valence electrons. The Morgan fingerprint density at radius 2 is 1.61 bits per heavy atom. The van der Waals surface area contributed by atoms with Crippen LogP contribution in [0.15, 0.2) is 63.5 Å². The lowest BCUT2D eigenvalue weighted by Gasteiger charge is -2.06. The van der Waals surface area contributed by atoms with Crippen LogP contribution >= 0.6 is 15.9 Å². The molecule has 0 fully saturated rings. The number of benzene rings is 2. The molecule has 23 heavy (non-hydrogen) atoms. The second-order valence-corrected chi connectivity index (χ2v) is 6.42. The Morgan fingerprint density at radius 1 is 0.957 bits per heavy atom. The van der Waals surface area contributed by atoms with E-state index in [1.165, 1.54) is 0 Å². The van der Waals surface area contributed by atoms with Crippen molar-refractivity contribution in [2.45, 2.75) is 13.8 Å². The molecule has 1 N–H and O–H groups in total. The monoisotopic (exact) mass is 369 g/mol. The third-order valence-corrected chi connectivity index (χ3v) is 3.97. The van der Waals surface area contributed by atoms with Crippen molar-refractivity contribution in [3.05, 3.63) is 76.0 Å². The quantitative estimate of drug-likeness (QED) is 0.654. The molecule has 1 aromatic heterocycles. The molecule has 3 nitrogen and oxygen atoms in total. The van der Waals surface area contributed by atoms with E-state index in [1.807, 2.05) is 50.2 Å². The zero-order valence-electron chi connectivity index (χ0n) is 12.9. The molecule has 0 bridgehead atoms. The van der Waals surface area contributed by atoms with E-state index >= 15 is 0 Å². The highest BCUT2D eigenvalue weighted by atomic mass is 79.9. The molecule has 0 aliphatic heterocycles. The van der Waals surface area contributed by atoms with E-state index in [4.69, 9.17) is 4.42 Å². The van der Waals surface area contributed by atoms with Crippen molar-refractivity contribution < 1.29 is 9.21 Å². The number of halogens is 1. The number of nitrogens with one attached hydrogen (secondary N) is 1. The zero-order valence-corrected chi connectivity index (χ0v) is 14.5. The fraction of sp³-hybridized carbons (Fsp3) is 0.105. The van der Waals surface area contributed by atoms with Crippen molar-refractivity contribution in [2.75, 3.05) is 5.32 Å². The van der Waals surface area contributed by atoms with Crippen LogP contribution in [0, 0.1) is 13.8 Å². The molecule has 1 heterocycles. The van der Waals surface area contributed by atoms with Gasteiger partial charge < -0.3 is 9.73 Å². The first-order chi connectivity index (χ1) is 11.0. The summed E-state index contributed by atoms with van der Waals surface area (Å²) < 4.78 is 6.68. The van der Waals surface area contributed by atoms with Gasteiger partial charge in [0.2, 0.25) is 0 Å². The summed E-state index contributed by atoms with van der Waals surface area (Å²) in [6, 6.07) is 17.2. The zero-order chi connectivity index (χ0) is 16.4. The van der Waals surface area contributed by atoms with Crippen LogP contribution in [0.25, 0.3) is 11.3 Å². The van der Waals surface area contributed by atoms with Gasteiger partial charge in [-0.1, -0.05) is 34.1 Å². The number of hydrogen-bond acceptors (Lipinski definition) is 2. The van der Waals surface area contributed by atoms with Crippen molar-refractivity contribution in [2.24, 2.45) is 0 Å². The normalized spacial score (nSPS) is 10.6. The van der Waals surface area contributed by atoms with E-state index in [9.17, 15) is 4.79 Å². The minimum atomic E-state index is -0.252. The number of aryl methyl sites for hydroxylation is 2. The van der Waals surface area contributed by atoms with Gasteiger partial charge in [-0.25, -0.2) is 0 Å². The second kappa shape index (κ2) is 6.42. The Bertz CT molecular complexity index is 830. The lowest BCUT2D eigenvalue weighted by molar-refractivity contribution is 0.0997. The molecular weight excluding hydrogens is 354 g/mol. The van der Waals surface area contributed by atoms with Gasteiger partial charge >= 0.3 is 0 Å². The van der Waals surface area contributed by atoms with Gasteiger partial charge in [0.25, 0.3) is 5.91 Å². The summed E-state index contributed by atoms with van der Waals surface area (Å²) in [7, 11) is 0. The maximum absolute atomic E-state index is 12.3. The highest BCUT2D eigenvalue weighted by molar-refractivity contribution is 9.10. The Kier molecular flexibility index (Phi) is 4.35. The smallest absolute Gasteiger partial charge is 0.291 e. The first kappa shape index (κ1) is 15.6. The SMILES string of the molecule is Cc1cc(C)cc(NC(=O)c2ccc(-c3ccc(Br)cc3)o2)c1. The average Bonchev–Trinajstić information content (AvgIpc) is 2.97. The van der Waals surface area contributed by atoms with Crippen molar-refractivity contribution in [3.63, 3.8) is 0 Å².